The van der Waals surface area contributed by atoms with Crippen LogP contribution in [0.5, 0.6) is 0 Å². The van der Waals surface area contributed by atoms with Gasteiger partial charge >= 0.3 is 0 Å². The van der Waals surface area contributed by atoms with Crippen LogP contribution in [0.2, 0.25) is 0 Å². The Morgan fingerprint density at radius 2 is 2.12 bits per heavy atom. The molecule has 1 aromatic rings. The molecule has 0 aromatic carbocycles. The molecular weight excluding hydrogens is 216 g/mol. The Kier molecular flexibility index (Phi) is 3.65. The summed E-state index contributed by atoms with van der Waals surface area (Å²) in [7, 11) is 0. The Morgan fingerprint density at radius 3 is 2.56 bits per heavy atom. The predicted octanol–water partition coefficient (Wildman–Crippen LogP) is 3.43. The average Bonchev–Trinajstić information content (AvgIpc) is 2.50. The number of nitrogens with zero attached hydrogens (tertiary/aromatic N) is 1. The van der Waals surface area contributed by atoms with E-state index in [1.807, 2.05) is 11.3 Å². The van der Waals surface area contributed by atoms with Gasteiger partial charge < -0.3 is 5.32 Å². The summed E-state index contributed by atoms with van der Waals surface area (Å²) in [6, 6.07) is 0. The van der Waals surface area contributed by atoms with E-state index in [1.165, 1.54) is 47.8 Å². The third-order valence-electron chi connectivity index (χ3n) is 3.95. The normalized spacial score (nSPS) is 18.4. The second kappa shape index (κ2) is 4.84. The first-order valence-corrected chi connectivity index (χ1v) is 7.10. The van der Waals surface area contributed by atoms with Crippen molar-refractivity contribution in [2.75, 3.05) is 6.54 Å². The van der Waals surface area contributed by atoms with Crippen LogP contribution in [0.3, 0.4) is 0 Å². The molecule has 0 spiro atoms. The Balaban J connectivity index is 1.81. The molecular formula is C13H22N2S. The molecule has 1 aliphatic carbocycles. The molecule has 1 fully saturated rings. The van der Waals surface area contributed by atoms with Crippen LogP contribution in [-0.2, 0) is 6.54 Å². The fourth-order valence-electron chi connectivity index (χ4n) is 2.51. The molecule has 0 amide bonds. The number of nitrogens with one attached hydrogen (secondary N) is 1. The molecule has 3 heteroatoms. The molecule has 90 valence electrons. The lowest BCUT2D eigenvalue weighted by atomic mass is 9.67. The third-order valence-corrected chi connectivity index (χ3v) is 5.02. The summed E-state index contributed by atoms with van der Waals surface area (Å²) in [5.74, 6) is 0. The predicted molar refractivity (Wildman–Crippen MR) is 69.9 cm³/mol. The lowest BCUT2D eigenvalue weighted by Crippen LogP contribution is -2.39. The minimum absolute atomic E-state index is 0.619. The number of rotatable bonds is 5. The maximum absolute atomic E-state index is 4.46. The molecule has 0 bridgehead atoms. The van der Waals surface area contributed by atoms with Gasteiger partial charge in [0.2, 0.25) is 0 Å². The van der Waals surface area contributed by atoms with Crippen molar-refractivity contribution in [2.24, 2.45) is 5.41 Å². The molecule has 1 aromatic heterocycles. The summed E-state index contributed by atoms with van der Waals surface area (Å²) in [6.45, 7) is 8.70. The topological polar surface area (TPSA) is 24.9 Å². The van der Waals surface area contributed by atoms with Crippen LogP contribution in [0.25, 0.3) is 0 Å². The third kappa shape index (κ3) is 2.46. The molecule has 0 unspecified atom stereocenters. The van der Waals surface area contributed by atoms with E-state index in [1.54, 1.807) is 0 Å². The fourth-order valence-corrected chi connectivity index (χ4v) is 3.42. The van der Waals surface area contributed by atoms with E-state index >= 15 is 0 Å². The highest BCUT2D eigenvalue weighted by Gasteiger charge is 2.34. The molecule has 0 radical (unpaired) electrons. The van der Waals surface area contributed by atoms with Crippen LogP contribution >= 0.6 is 11.3 Å². The van der Waals surface area contributed by atoms with Crippen LogP contribution in [0.1, 0.15) is 48.2 Å². The maximum Gasteiger partial charge on any atom is 0.0900 e. The zero-order valence-electron chi connectivity index (χ0n) is 10.6. The monoisotopic (exact) mass is 238 g/mol. The van der Waals surface area contributed by atoms with Crippen molar-refractivity contribution in [3.8, 4) is 0 Å². The lowest BCUT2D eigenvalue weighted by molar-refractivity contribution is 0.124. The van der Waals surface area contributed by atoms with Crippen molar-refractivity contribution in [2.45, 2.75) is 53.0 Å². The van der Waals surface area contributed by atoms with E-state index in [-0.39, 0.29) is 0 Å². The zero-order valence-corrected chi connectivity index (χ0v) is 11.4. The summed E-state index contributed by atoms with van der Waals surface area (Å²) in [4.78, 5) is 5.86. The van der Waals surface area contributed by atoms with E-state index in [4.69, 9.17) is 0 Å². The van der Waals surface area contributed by atoms with Crippen molar-refractivity contribution in [1.29, 1.82) is 0 Å². The van der Waals surface area contributed by atoms with Gasteiger partial charge in [0.1, 0.15) is 0 Å². The van der Waals surface area contributed by atoms with Gasteiger partial charge in [0.15, 0.2) is 0 Å². The summed E-state index contributed by atoms with van der Waals surface area (Å²) >= 11 is 1.82. The second-order valence-electron chi connectivity index (χ2n) is 5.05. The molecule has 1 heterocycles. The van der Waals surface area contributed by atoms with Crippen LogP contribution < -0.4 is 5.32 Å². The van der Waals surface area contributed by atoms with E-state index < -0.39 is 0 Å². The van der Waals surface area contributed by atoms with Crippen molar-refractivity contribution < 1.29 is 0 Å². The van der Waals surface area contributed by atoms with Crippen molar-refractivity contribution >= 4 is 11.3 Å². The molecule has 1 N–H and O–H groups in total. The van der Waals surface area contributed by atoms with Gasteiger partial charge in [-0.05, 0) is 38.5 Å². The summed E-state index contributed by atoms with van der Waals surface area (Å²) in [5, 5.41) is 4.80. The zero-order chi connectivity index (χ0) is 11.6. The van der Waals surface area contributed by atoms with Gasteiger partial charge in [-0.15, -0.1) is 11.3 Å². The van der Waals surface area contributed by atoms with E-state index in [0.717, 1.165) is 6.54 Å². The smallest absolute Gasteiger partial charge is 0.0900 e. The Morgan fingerprint density at radius 1 is 1.38 bits per heavy atom. The van der Waals surface area contributed by atoms with Crippen molar-refractivity contribution in [3.63, 3.8) is 0 Å². The summed E-state index contributed by atoms with van der Waals surface area (Å²) in [5.41, 5.74) is 1.82. The first kappa shape index (κ1) is 12.1. The van der Waals surface area contributed by atoms with Crippen LogP contribution in [0.15, 0.2) is 0 Å². The van der Waals surface area contributed by atoms with Gasteiger partial charge in [-0.25, -0.2) is 4.98 Å². The molecule has 16 heavy (non-hydrogen) atoms. The Bertz CT molecular complexity index is 347. The molecule has 0 aliphatic heterocycles. The molecule has 2 nitrogen and oxygen atoms in total. The number of hydrogen-bond donors (Lipinski definition) is 1. The number of thiazole rings is 1. The molecule has 0 saturated heterocycles. The van der Waals surface area contributed by atoms with E-state index in [2.05, 4.69) is 31.1 Å². The summed E-state index contributed by atoms with van der Waals surface area (Å²) < 4.78 is 0. The van der Waals surface area contributed by atoms with Gasteiger partial charge in [-0.3, -0.25) is 0 Å². The first-order chi connectivity index (χ1) is 7.65. The largest absolute Gasteiger partial charge is 0.311 e. The van der Waals surface area contributed by atoms with Gasteiger partial charge in [0, 0.05) is 18.0 Å². The molecule has 1 saturated carbocycles. The van der Waals surface area contributed by atoms with Crippen LogP contribution in [0.4, 0.5) is 0 Å². The lowest BCUT2D eigenvalue weighted by Gasteiger charge is -2.41. The number of hydrogen-bond acceptors (Lipinski definition) is 3. The minimum atomic E-state index is 0.619. The fraction of sp³-hybridized carbons (Fsp3) is 0.769. The van der Waals surface area contributed by atoms with E-state index in [0.29, 0.717) is 5.41 Å². The first-order valence-electron chi connectivity index (χ1n) is 6.29. The maximum atomic E-state index is 4.46. The van der Waals surface area contributed by atoms with Gasteiger partial charge in [-0.2, -0.15) is 0 Å². The SMILES string of the molecule is CCC1(CNCc2sc(C)nc2C)CCC1. The van der Waals surface area contributed by atoms with Crippen LogP contribution in [0, 0.1) is 19.3 Å². The van der Waals surface area contributed by atoms with Crippen molar-refractivity contribution in [1.82, 2.24) is 10.3 Å². The van der Waals surface area contributed by atoms with Gasteiger partial charge in [-0.1, -0.05) is 13.3 Å². The highest BCUT2D eigenvalue weighted by Crippen LogP contribution is 2.43. The standard InChI is InChI=1S/C13H22N2S/c1-4-13(6-5-7-13)9-14-8-12-10(2)15-11(3)16-12/h14H,4-9H2,1-3H3. The number of aromatic nitrogens is 1. The Hall–Kier alpha value is -0.410. The second-order valence-corrected chi connectivity index (χ2v) is 6.34. The highest BCUT2D eigenvalue weighted by molar-refractivity contribution is 7.11. The van der Waals surface area contributed by atoms with Gasteiger partial charge in [0.05, 0.1) is 10.7 Å². The van der Waals surface area contributed by atoms with E-state index in [9.17, 15) is 0 Å². The molecule has 2 rings (SSSR count). The van der Waals surface area contributed by atoms with Crippen LogP contribution in [-0.4, -0.2) is 11.5 Å². The highest BCUT2D eigenvalue weighted by atomic mass is 32.1. The quantitative estimate of drug-likeness (QED) is 0.850. The molecule has 0 atom stereocenters. The minimum Gasteiger partial charge on any atom is -0.311 e. The average molecular weight is 238 g/mol. The Labute approximate surface area is 102 Å². The summed E-state index contributed by atoms with van der Waals surface area (Å²) in [6.07, 6.45) is 5.57. The van der Waals surface area contributed by atoms with Gasteiger partial charge in [0.25, 0.3) is 0 Å². The number of aryl methyl sites for hydroxylation is 2. The molecule has 1 aliphatic rings. The van der Waals surface area contributed by atoms with Crippen molar-refractivity contribution in [3.05, 3.63) is 15.6 Å².